The highest BCUT2D eigenvalue weighted by Gasteiger charge is 2.42. The number of hydrogen-bond acceptors (Lipinski definition) is 3. The number of nitrogens with two attached hydrogens (primary N) is 1. The number of nitrogens with one attached hydrogen (secondary N) is 1. The Morgan fingerprint density at radius 1 is 1.26 bits per heavy atom. The summed E-state index contributed by atoms with van der Waals surface area (Å²) < 4.78 is 31.5. The van der Waals surface area contributed by atoms with Crippen molar-refractivity contribution in [3.8, 4) is 5.75 Å². The van der Waals surface area contributed by atoms with Crippen LogP contribution in [0.5, 0.6) is 5.75 Å². The van der Waals surface area contributed by atoms with Crippen LogP contribution in [0.15, 0.2) is 40.9 Å². The van der Waals surface area contributed by atoms with Crippen molar-refractivity contribution < 1.29 is 18.3 Å². The Kier molecular flexibility index (Phi) is 3.68. The summed E-state index contributed by atoms with van der Waals surface area (Å²) in [6, 6.07) is 10.1. The van der Waals surface area contributed by atoms with E-state index in [9.17, 15) is 13.6 Å². The van der Waals surface area contributed by atoms with E-state index < -0.39 is 12.0 Å². The number of alkyl halides is 2. The fourth-order valence-corrected chi connectivity index (χ4v) is 2.14. The van der Waals surface area contributed by atoms with E-state index in [4.69, 9.17) is 0 Å². The molecular weight excluding hydrogens is 322 g/mol. The number of hydrogen-bond donors (Lipinski definition) is 2. The molecule has 0 saturated heterocycles. The molecule has 0 aliphatic rings. The van der Waals surface area contributed by atoms with E-state index in [1.807, 2.05) is 12.1 Å². The fourth-order valence-electron chi connectivity index (χ4n) is 1.56. The largest absolute Gasteiger partial charge is 0.483 e. The topological polar surface area (TPSA) is 64.3 Å². The first kappa shape index (κ1) is 13.7. The summed E-state index contributed by atoms with van der Waals surface area (Å²) in [6.07, 6.45) is -4.04. The lowest BCUT2D eigenvalue weighted by Gasteiger charge is -2.17. The second-order valence-corrected chi connectivity index (χ2v) is 4.48. The van der Waals surface area contributed by atoms with Gasteiger partial charge in [0.25, 0.3) is 0 Å². The minimum atomic E-state index is -4.04. The minimum Gasteiger partial charge on any atom is -0.424 e. The van der Waals surface area contributed by atoms with Gasteiger partial charge >= 0.3 is 12.0 Å². The molecule has 2 aromatic carbocycles. The summed E-state index contributed by atoms with van der Waals surface area (Å²) in [5.41, 5.74) is 1.35. The molecule has 0 aromatic heterocycles. The second-order valence-electron chi connectivity index (χ2n) is 3.69. The average Bonchev–Trinajstić information content (AvgIpc) is 2.41. The van der Waals surface area contributed by atoms with Crippen LogP contribution in [0.25, 0.3) is 10.8 Å². The van der Waals surface area contributed by atoms with Crippen LogP contribution in [-0.2, 0) is 4.79 Å². The molecule has 3 N–H and O–H groups in total. The zero-order chi connectivity index (χ0) is 14.0. The summed E-state index contributed by atoms with van der Waals surface area (Å²) in [7, 11) is 0. The summed E-state index contributed by atoms with van der Waals surface area (Å²) in [5.74, 6) is 2.81. The molecular formula is C12H9BrF2N2O2. The van der Waals surface area contributed by atoms with Gasteiger partial charge in [0, 0.05) is 0 Å². The van der Waals surface area contributed by atoms with Crippen molar-refractivity contribution in [2.45, 2.75) is 6.11 Å². The molecule has 0 aliphatic carbocycles. The van der Waals surface area contributed by atoms with Crippen LogP contribution >= 0.6 is 15.9 Å². The van der Waals surface area contributed by atoms with Crippen molar-refractivity contribution in [1.82, 2.24) is 5.43 Å². The van der Waals surface area contributed by atoms with Gasteiger partial charge in [0.05, 0.1) is 4.47 Å². The SMILES string of the molecule is NNC(=O)C(F)(F)Oc1ccc2ccccc2c1Br. The van der Waals surface area contributed by atoms with E-state index in [0.29, 0.717) is 9.86 Å². The van der Waals surface area contributed by atoms with Gasteiger partial charge in [-0.05, 0) is 32.8 Å². The fraction of sp³-hybridized carbons (Fsp3) is 0.0833. The molecule has 1 amide bonds. The van der Waals surface area contributed by atoms with E-state index in [0.717, 1.165) is 5.39 Å². The van der Waals surface area contributed by atoms with Gasteiger partial charge < -0.3 is 4.74 Å². The molecule has 100 valence electrons. The lowest BCUT2D eigenvalue weighted by atomic mass is 10.1. The Balaban J connectivity index is 2.41. The van der Waals surface area contributed by atoms with Crippen LogP contribution in [-0.4, -0.2) is 12.0 Å². The summed E-state index contributed by atoms with van der Waals surface area (Å²) in [5, 5.41) is 1.55. The molecule has 0 spiro atoms. The number of amides is 1. The molecule has 0 fully saturated rings. The number of carbonyl (C=O) groups excluding carboxylic acids is 1. The molecule has 4 nitrogen and oxygen atoms in total. The smallest absolute Gasteiger partial charge is 0.424 e. The van der Waals surface area contributed by atoms with Crippen LogP contribution < -0.4 is 16.0 Å². The van der Waals surface area contributed by atoms with Crippen LogP contribution in [0.1, 0.15) is 0 Å². The normalized spacial score (nSPS) is 11.4. The third-order valence-corrected chi connectivity index (χ3v) is 3.28. The van der Waals surface area contributed by atoms with Crippen LogP contribution in [0, 0.1) is 0 Å². The van der Waals surface area contributed by atoms with Crippen molar-refractivity contribution in [2.24, 2.45) is 5.84 Å². The van der Waals surface area contributed by atoms with Gasteiger partial charge in [0.2, 0.25) is 0 Å². The predicted octanol–water partition coefficient (Wildman–Crippen LogP) is 2.56. The molecule has 0 saturated carbocycles. The lowest BCUT2D eigenvalue weighted by molar-refractivity contribution is -0.193. The van der Waals surface area contributed by atoms with Gasteiger partial charge in [-0.2, -0.15) is 8.78 Å². The first-order valence-electron chi connectivity index (χ1n) is 5.21. The number of halogens is 3. The molecule has 2 rings (SSSR count). The molecule has 2 aromatic rings. The van der Waals surface area contributed by atoms with Gasteiger partial charge in [-0.3, -0.25) is 10.2 Å². The Labute approximate surface area is 115 Å². The Hall–Kier alpha value is -1.73. The van der Waals surface area contributed by atoms with Crippen LogP contribution in [0.3, 0.4) is 0 Å². The molecule has 0 unspecified atom stereocenters. The Morgan fingerprint density at radius 3 is 2.63 bits per heavy atom. The van der Waals surface area contributed by atoms with Gasteiger partial charge in [-0.1, -0.05) is 30.3 Å². The maximum absolute atomic E-state index is 13.3. The number of benzene rings is 2. The van der Waals surface area contributed by atoms with E-state index in [1.165, 1.54) is 11.5 Å². The van der Waals surface area contributed by atoms with Crippen molar-refractivity contribution in [2.75, 3.05) is 0 Å². The third kappa shape index (κ3) is 2.66. The van der Waals surface area contributed by atoms with Gasteiger partial charge in [0.15, 0.2) is 0 Å². The summed E-state index contributed by atoms with van der Waals surface area (Å²) in [6.45, 7) is 0. The average molecular weight is 331 g/mol. The van der Waals surface area contributed by atoms with Gasteiger partial charge in [-0.15, -0.1) is 0 Å². The molecule has 0 heterocycles. The Morgan fingerprint density at radius 2 is 1.95 bits per heavy atom. The van der Waals surface area contributed by atoms with Crippen LogP contribution in [0.4, 0.5) is 8.78 Å². The standard InChI is InChI=1S/C12H9BrF2N2O2/c13-10-8-4-2-1-3-7(8)5-6-9(10)19-12(14,15)11(18)17-16/h1-6H,16H2,(H,17,18). The third-order valence-electron chi connectivity index (χ3n) is 2.46. The highest BCUT2D eigenvalue weighted by atomic mass is 79.9. The highest BCUT2D eigenvalue weighted by Crippen LogP contribution is 2.35. The van der Waals surface area contributed by atoms with Crippen molar-refractivity contribution in [3.63, 3.8) is 0 Å². The lowest BCUT2D eigenvalue weighted by Crippen LogP contribution is -2.47. The van der Waals surface area contributed by atoms with Crippen molar-refractivity contribution >= 4 is 32.6 Å². The molecule has 0 radical (unpaired) electrons. The summed E-state index contributed by atoms with van der Waals surface area (Å²) in [4.78, 5) is 10.9. The molecule has 19 heavy (non-hydrogen) atoms. The molecule has 0 atom stereocenters. The quantitative estimate of drug-likeness (QED) is 0.516. The zero-order valence-corrected chi connectivity index (χ0v) is 11.1. The summed E-state index contributed by atoms with van der Waals surface area (Å²) >= 11 is 3.18. The molecule has 0 aliphatic heterocycles. The van der Waals surface area contributed by atoms with Crippen molar-refractivity contribution in [1.29, 1.82) is 0 Å². The molecule has 7 heteroatoms. The maximum Gasteiger partial charge on any atom is 0.483 e. The maximum atomic E-state index is 13.3. The number of rotatable bonds is 3. The number of hydrazine groups is 1. The number of carbonyl (C=O) groups is 1. The van der Waals surface area contributed by atoms with E-state index in [1.54, 1.807) is 18.2 Å². The zero-order valence-electron chi connectivity index (χ0n) is 9.49. The van der Waals surface area contributed by atoms with E-state index in [-0.39, 0.29) is 5.75 Å². The minimum absolute atomic E-state index is 0.146. The van der Waals surface area contributed by atoms with Gasteiger partial charge in [0.1, 0.15) is 5.75 Å². The molecule has 0 bridgehead atoms. The van der Waals surface area contributed by atoms with E-state index >= 15 is 0 Å². The highest BCUT2D eigenvalue weighted by molar-refractivity contribution is 9.10. The van der Waals surface area contributed by atoms with E-state index in [2.05, 4.69) is 26.5 Å². The number of fused-ring (bicyclic) bond motifs is 1. The van der Waals surface area contributed by atoms with Crippen molar-refractivity contribution in [3.05, 3.63) is 40.9 Å². The second kappa shape index (κ2) is 5.10. The first-order chi connectivity index (χ1) is 8.95. The Bertz CT molecular complexity index is 634. The van der Waals surface area contributed by atoms with Gasteiger partial charge in [-0.25, -0.2) is 5.84 Å². The number of ether oxygens (including phenoxy) is 1. The predicted molar refractivity (Wildman–Crippen MR) is 69.6 cm³/mol. The van der Waals surface area contributed by atoms with Crippen LogP contribution in [0.2, 0.25) is 0 Å². The monoisotopic (exact) mass is 330 g/mol. The first-order valence-corrected chi connectivity index (χ1v) is 6.00.